The lowest BCUT2D eigenvalue weighted by atomic mass is 10.2. The molecule has 0 atom stereocenters. The van der Waals surface area contributed by atoms with Crippen molar-refractivity contribution in [2.75, 3.05) is 6.54 Å². The molecule has 0 saturated carbocycles. The lowest BCUT2D eigenvalue weighted by molar-refractivity contribution is -0.672. The molecule has 0 radical (unpaired) electrons. The van der Waals surface area contributed by atoms with Crippen LogP contribution in [-0.2, 0) is 6.54 Å². The summed E-state index contributed by atoms with van der Waals surface area (Å²) in [6, 6.07) is 11.8. The van der Waals surface area contributed by atoms with E-state index in [0.717, 1.165) is 28.7 Å². The van der Waals surface area contributed by atoms with Crippen molar-refractivity contribution in [3.8, 4) is 11.3 Å². The van der Waals surface area contributed by atoms with Crippen LogP contribution in [0.4, 0.5) is 0 Å². The van der Waals surface area contributed by atoms with Crippen molar-refractivity contribution in [2.24, 2.45) is 0 Å². The van der Waals surface area contributed by atoms with E-state index in [9.17, 15) is 0 Å². The van der Waals surface area contributed by atoms with Gasteiger partial charge in [0.2, 0.25) is 0 Å². The van der Waals surface area contributed by atoms with E-state index < -0.39 is 0 Å². The van der Waals surface area contributed by atoms with Crippen LogP contribution in [0.1, 0.15) is 38.4 Å². The SMILES string of the molecule is CCCCCC[NH2+]Cc1ccc(-c2ccc(Cl)cc2)o1. The van der Waals surface area contributed by atoms with Crippen LogP contribution in [0.25, 0.3) is 11.3 Å². The van der Waals surface area contributed by atoms with E-state index in [2.05, 4.69) is 18.3 Å². The molecule has 0 unspecified atom stereocenters. The summed E-state index contributed by atoms with van der Waals surface area (Å²) >= 11 is 5.89. The molecule has 1 aromatic carbocycles. The maximum Gasteiger partial charge on any atom is 0.158 e. The van der Waals surface area contributed by atoms with E-state index in [1.807, 2.05) is 30.3 Å². The molecular weight excluding hydrogens is 270 g/mol. The van der Waals surface area contributed by atoms with Crippen molar-refractivity contribution in [2.45, 2.75) is 39.2 Å². The lowest BCUT2D eigenvalue weighted by Crippen LogP contribution is -2.82. The number of benzene rings is 1. The third-order valence-corrected chi connectivity index (χ3v) is 3.65. The minimum atomic E-state index is 0.751. The van der Waals surface area contributed by atoms with Gasteiger partial charge in [-0.25, -0.2) is 0 Å². The summed E-state index contributed by atoms with van der Waals surface area (Å²) in [7, 11) is 0. The third kappa shape index (κ3) is 4.69. The molecule has 0 aliphatic rings. The Morgan fingerprint density at radius 3 is 2.55 bits per heavy atom. The molecule has 0 aliphatic heterocycles. The van der Waals surface area contributed by atoms with Crippen LogP contribution in [0.5, 0.6) is 0 Å². The zero-order chi connectivity index (χ0) is 14.2. The maximum absolute atomic E-state index is 5.89. The molecule has 2 aromatic rings. The summed E-state index contributed by atoms with van der Waals surface area (Å²) in [5.41, 5.74) is 1.07. The summed E-state index contributed by atoms with van der Waals surface area (Å²) < 4.78 is 5.86. The van der Waals surface area contributed by atoms with Crippen molar-refractivity contribution < 1.29 is 9.73 Å². The summed E-state index contributed by atoms with van der Waals surface area (Å²) in [6.45, 7) is 4.33. The Kier molecular flexibility index (Phi) is 6.16. The fourth-order valence-electron chi connectivity index (χ4n) is 2.22. The Balaban J connectivity index is 1.79. The monoisotopic (exact) mass is 292 g/mol. The van der Waals surface area contributed by atoms with Gasteiger partial charge in [0.25, 0.3) is 0 Å². The summed E-state index contributed by atoms with van der Waals surface area (Å²) in [5.74, 6) is 1.95. The Hall–Kier alpha value is -1.25. The molecule has 2 N–H and O–H groups in total. The normalized spacial score (nSPS) is 10.9. The van der Waals surface area contributed by atoms with Gasteiger partial charge in [-0.1, -0.05) is 31.4 Å². The molecule has 0 saturated heterocycles. The zero-order valence-electron chi connectivity index (χ0n) is 12.1. The number of nitrogens with two attached hydrogens (primary N) is 1. The standard InChI is InChI=1S/C17H22ClNO/c1-2-3-4-5-12-19-13-16-10-11-17(20-16)14-6-8-15(18)9-7-14/h6-11,19H,2-5,12-13H2,1H3/p+1. The molecule has 1 heterocycles. The number of unbranched alkanes of at least 4 members (excludes halogenated alkanes) is 3. The fraction of sp³-hybridized carbons (Fsp3) is 0.412. The fourth-order valence-corrected chi connectivity index (χ4v) is 2.34. The van der Waals surface area contributed by atoms with Crippen molar-refractivity contribution in [1.29, 1.82) is 0 Å². The predicted molar refractivity (Wildman–Crippen MR) is 83.8 cm³/mol. The van der Waals surface area contributed by atoms with E-state index in [1.54, 1.807) is 0 Å². The smallest absolute Gasteiger partial charge is 0.158 e. The van der Waals surface area contributed by atoms with E-state index in [0.29, 0.717) is 0 Å². The van der Waals surface area contributed by atoms with E-state index in [4.69, 9.17) is 16.0 Å². The Morgan fingerprint density at radius 2 is 1.80 bits per heavy atom. The number of furan rings is 1. The van der Waals surface area contributed by atoms with Gasteiger partial charge in [0.1, 0.15) is 12.3 Å². The first-order valence-electron chi connectivity index (χ1n) is 7.46. The molecule has 1 aromatic heterocycles. The van der Waals surface area contributed by atoms with Crippen LogP contribution in [0.15, 0.2) is 40.8 Å². The number of quaternary nitrogens is 1. The molecular formula is C17H23ClNO+. The van der Waals surface area contributed by atoms with Crippen LogP contribution < -0.4 is 5.32 Å². The minimum absolute atomic E-state index is 0.751. The topological polar surface area (TPSA) is 29.8 Å². The molecule has 3 heteroatoms. The molecule has 0 spiro atoms. The first-order valence-corrected chi connectivity index (χ1v) is 7.83. The Labute approximate surface area is 126 Å². The second-order valence-electron chi connectivity index (χ2n) is 5.11. The average molecular weight is 293 g/mol. The van der Waals surface area contributed by atoms with Crippen molar-refractivity contribution in [1.82, 2.24) is 0 Å². The number of halogens is 1. The molecule has 0 amide bonds. The summed E-state index contributed by atoms with van der Waals surface area (Å²) in [4.78, 5) is 0. The van der Waals surface area contributed by atoms with Gasteiger partial charge < -0.3 is 9.73 Å². The second-order valence-corrected chi connectivity index (χ2v) is 5.55. The number of rotatable bonds is 8. The highest BCUT2D eigenvalue weighted by atomic mass is 35.5. The molecule has 2 rings (SSSR count). The van der Waals surface area contributed by atoms with Crippen LogP contribution in [0.3, 0.4) is 0 Å². The van der Waals surface area contributed by atoms with Gasteiger partial charge in [0, 0.05) is 10.6 Å². The number of hydrogen-bond acceptors (Lipinski definition) is 1. The predicted octanol–water partition coefficient (Wildman–Crippen LogP) is 4.24. The van der Waals surface area contributed by atoms with E-state index >= 15 is 0 Å². The largest absolute Gasteiger partial charge is 0.455 e. The number of hydrogen-bond donors (Lipinski definition) is 1. The van der Waals surface area contributed by atoms with Gasteiger partial charge in [-0.3, -0.25) is 0 Å². The zero-order valence-corrected chi connectivity index (χ0v) is 12.8. The van der Waals surface area contributed by atoms with Crippen molar-refractivity contribution in [3.05, 3.63) is 47.2 Å². The highest BCUT2D eigenvalue weighted by Gasteiger charge is 2.05. The van der Waals surface area contributed by atoms with Crippen LogP contribution >= 0.6 is 11.6 Å². The van der Waals surface area contributed by atoms with Crippen LogP contribution in [-0.4, -0.2) is 6.54 Å². The molecule has 0 bridgehead atoms. The Morgan fingerprint density at radius 1 is 1.00 bits per heavy atom. The van der Waals surface area contributed by atoms with E-state index in [1.165, 1.54) is 32.2 Å². The van der Waals surface area contributed by atoms with E-state index in [-0.39, 0.29) is 0 Å². The first-order chi connectivity index (χ1) is 9.79. The van der Waals surface area contributed by atoms with Crippen molar-refractivity contribution >= 4 is 11.6 Å². The van der Waals surface area contributed by atoms with Gasteiger partial charge in [0.15, 0.2) is 5.76 Å². The molecule has 20 heavy (non-hydrogen) atoms. The molecule has 2 nitrogen and oxygen atoms in total. The van der Waals surface area contributed by atoms with Gasteiger partial charge in [0.05, 0.1) is 6.54 Å². The van der Waals surface area contributed by atoms with Gasteiger partial charge >= 0.3 is 0 Å². The van der Waals surface area contributed by atoms with Gasteiger partial charge in [-0.2, -0.15) is 0 Å². The average Bonchev–Trinajstić information content (AvgIpc) is 2.92. The van der Waals surface area contributed by atoms with Gasteiger partial charge in [-0.05, 0) is 49.2 Å². The Bertz CT molecular complexity index is 504. The maximum atomic E-state index is 5.89. The van der Waals surface area contributed by atoms with Crippen LogP contribution in [0.2, 0.25) is 5.02 Å². The summed E-state index contributed by atoms with van der Waals surface area (Å²) in [6.07, 6.45) is 5.26. The highest BCUT2D eigenvalue weighted by molar-refractivity contribution is 6.30. The van der Waals surface area contributed by atoms with Crippen LogP contribution in [0, 0.1) is 0 Å². The minimum Gasteiger partial charge on any atom is -0.455 e. The van der Waals surface area contributed by atoms with Gasteiger partial charge in [-0.15, -0.1) is 0 Å². The summed E-state index contributed by atoms with van der Waals surface area (Å²) in [5, 5.41) is 3.07. The first kappa shape index (κ1) is 15.1. The molecule has 108 valence electrons. The molecule has 0 fully saturated rings. The van der Waals surface area contributed by atoms with Crippen molar-refractivity contribution in [3.63, 3.8) is 0 Å². The quantitative estimate of drug-likeness (QED) is 0.725. The second kappa shape index (κ2) is 8.13. The molecule has 0 aliphatic carbocycles. The third-order valence-electron chi connectivity index (χ3n) is 3.40. The highest BCUT2D eigenvalue weighted by Crippen LogP contribution is 2.23. The lowest BCUT2D eigenvalue weighted by Gasteiger charge is -2.00.